The van der Waals surface area contributed by atoms with E-state index in [4.69, 9.17) is 4.74 Å². The molecule has 0 bridgehead atoms. The Morgan fingerprint density at radius 3 is 2.75 bits per heavy atom. The van der Waals surface area contributed by atoms with E-state index in [2.05, 4.69) is 32.5 Å². The van der Waals surface area contributed by atoms with Gasteiger partial charge in [0.15, 0.2) is 0 Å². The Kier molecular flexibility index (Phi) is 6.68. The Morgan fingerprint density at radius 2 is 2.08 bits per heavy atom. The Bertz CT molecular complexity index is 1390. The van der Waals surface area contributed by atoms with Gasteiger partial charge < -0.3 is 14.6 Å². The smallest absolute Gasteiger partial charge is 0.321 e. The summed E-state index contributed by atoms with van der Waals surface area (Å²) in [4.78, 5) is 20.9. The number of amides is 1. The maximum Gasteiger partial charge on any atom is 0.321 e. The second kappa shape index (κ2) is 10.2. The molecule has 7 heteroatoms. The van der Waals surface area contributed by atoms with E-state index in [9.17, 15) is 10.1 Å². The van der Waals surface area contributed by atoms with Crippen molar-refractivity contribution in [1.29, 1.82) is 5.26 Å². The number of nitrogens with zero attached hydrogens (tertiary/aromatic N) is 4. The highest BCUT2D eigenvalue weighted by Gasteiger charge is 2.33. The van der Waals surface area contributed by atoms with Crippen molar-refractivity contribution in [1.82, 2.24) is 19.9 Å². The van der Waals surface area contributed by atoms with Crippen LogP contribution in [-0.4, -0.2) is 20.4 Å². The summed E-state index contributed by atoms with van der Waals surface area (Å²) in [5, 5.41) is 14.0. The van der Waals surface area contributed by atoms with Crippen molar-refractivity contribution in [2.45, 2.75) is 45.1 Å². The summed E-state index contributed by atoms with van der Waals surface area (Å²) in [5.74, 6) is 1.17. The van der Waals surface area contributed by atoms with Crippen molar-refractivity contribution in [3.8, 4) is 17.8 Å². The monoisotopic (exact) mass is 479 g/mol. The van der Waals surface area contributed by atoms with Crippen LogP contribution < -0.4 is 10.1 Å². The lowest BCUT2D eigenvalue weighted by molar-refractivity contribution is -0.124. The van der Waals surface area contributed by atoms with Crippen LogP contribution in [0.1, 0.15) is 49.9 Å². The lowest BCUT2D eigenvalue weighted by Crippen LogP contribution is -2.29. The lowest BCUT2D eigenvalue weighted by atomic mass is 10.1. The predicted molar refractivity (Wildman–Crippen MR) is 138 cm³/mol. The van der Waals surface area contributed by atoms with Gasteiger partial charge in [-0.15, -0.1) is 0 Å². The highest BCUT2D eigenvalue weighted by molar-refractivity contribution is 5.89. The van der Waals surface area contributed by atoms with Crippen molar-refractivity contribution < 1.29 is 9.53 Å². The summed E-state index contributed by atoms with van der Waals surface area (Å²) in [5.41, 5.74) is 3.31. The van der Waals surface area contributed by atoms with Gasteiger partial charge in [-0.1, -0.05) is 25.7 Å². The summed E-state index contributed by atoms with van der Waals surface area (Å²) in [7, 11) is 0. The topological polar surface area (TPSA) is 92.8 Å². The molecule has 0 radical (unpaired) electrons. The predicted octanol–water partition coefficient (Wildman–Crippen LogP) is 5.76. The maximum atomic E-state index is 12.6. The Balaban J connectivity index is 1.41. The molecule has 1 N–H and O–H groups in total. The normalized spacial score (nSPS) is 16.6. The largest absolute Gasteiger partial charge is 0.424 e. The van der Waals surface area contributed by atoms with Crippen LogP contribution in [0.2, 0.25) is 0 Å². The molecular formula is C29H29N5O2. The number of benzene rings is 1. The molecular weight excluding hydrogens is 450 g/mol. The van der Waals surface area contributed by atoms with Crippen LogP contribution in [0.4, 0.5) is 0 Å². The van der Waals surface area contributed by atoms with Gasteiger partial charge in [0.1, 0.15) is 11.8 Å². The minimum Gasteiger partial charge on any atom is -0.424 e. The van der Waals surface area contributed by atoms with Gasteiger partial charge in [-0.25, -0.2) is 9.97 Å². The molecule has 36 heavy (non-hydrogen) atoms. The average molecular weight is 480 g/mol. The van der Waals surface area contributed by atoms with Crippen LogP contribution in [0.5, 0.6) is 11.8 Å². The number of allylic oxidation sites excluding steroid dienone is 4. The zero-order chi connectivity index (χ0) is 25.1. The van der Waals surface area contributed by atoms with Gasteiger partial charge in [-0.3, -0.25) is 4.79 Å². The molecule has 2 aliphatic rings. The van der Waals surface area contributed by atoms with E-state index in [0.29, 0.717) is 35.4 Å². The van der Waals surface area contributed by atoms with Gasteiger partial charge in [-0.05, 0) is 62.0 Å². The molecule has 2 aromatic heterocycles. The number of rotatable bonds is 10. The molecule has 1 aromatic carbocycles. The van der Waals surface area contributed by atoms with E-state index in [1.165, 1.54) is 0 Å². The third-order valence-corrected chi connectivity index (χ3v) is 6.77. The van der Waals surface area contributed by atoms with E-state index >= 15 is 0 Å². The molecule has 5 rings (SSSR count). The maximum absolute atomic E-state index is 12.6. The Labute approximate surface area is 210 Å². The molecule has 2 saturated carbocycles. The molecule has 2 fully saturated rings. The van der Waals surface area contributed by atoms with Gasteiger partial charge >= 0.3 is 6.01 Å². The van der Waals surface area contributed by atoms with Gasteiger partial charge in [0.2, 0.25) is 5.91 Å². The minimum absolute atomic E-state index is 0.00639. The molecule has 7 nitrogen and oxygen atoms in total. The molecule has 1 amide bonds. The first-order valence-electron chi connectivity index (χ1n) is 12.4. The molecule has 0 saturated heterocycles. The summed E-state index contributed by atoms with van der Waals surface area (Å²) in [6.45, 7) is 5.76. The van der Waals surface area contributed by atoms with E-state index in [1.54, 1.807) is 30.6 Å². The second-order valence-electron chi connectivity index (χ2n) is 9.43. The number of nitriles is 1. The standard InChI is InChI=1S/C29H29N5O2/c1-3-6-21(33-28(35)19(2)20-9-10-20)7-4-8-26-25(18-30)24-14-13-23(36-29-31-15-5-16-32-29)17-27(24)34(26)22-11-12-22/h3-7,13-17,19-20,22H,1,8-12H2,2H3,(H,33,35)/b7-4-,21-6+. The summed E-state index contributed by atoms with van der Waals surface area (Å²) in [6.07, 6.45) is 15.6. The number of hydrogen-bond donors (Lipinski definition) is 1. The molecule has 3 aromatic rings. The molecule has 182 valence electrons. The first kappa shape index (κ1) is 23.6. The van der Waals surface area contributed by atoms with Gasteiger partial charge in [0, 0.05) is 53.6 Å². The number of aromatic nitrogens is 3. The molecule has 0 spiro atoms. The fraction of sp³-hybridized carbons (Fsp3) is 0.310. The number of nitrogens with one attached hydrogen (secondary N) is 1. The zero-order valence-electron chi connectivity index (χ0n) is 20.4. The first-order valence-corrected chi connectivity index (χ1v) is 12.4. The molecule has 2 aliphatic carbocycles. The summed E-state index contributed by atoms with van der Waals surface area (Å²) in [6, 6.07) is 10.5. The third-order valence-electron chi connectivity index (χ3n) is 6.77. The highest BCUT2D eigenvalue weighted by Crippen LogP contribution is 2.42. The fourth-order valence-electron chi connectivity index (χ4n) is 4.56. The van der Waals surface area contributed by atoms with Crippen LogP contribution in [-0.2, 0) is 11.2 Å². The lowest BCUT2D eigenvalue weighted by Gasteiger charge is -2.12. The van der Waals surface area contributed by atoms with Crippen LogP contribution in [0.15, 0.2) is 73.2 Å². The Morgan fingerprint density at radius 1 is 1.31 bits per heavy atom. The molecule has 0 aliphatic heterocycles. The van der Waals surface area contributed by atoms with E-state index in [1.807, 2.05) is 37.3 Å². The van der Waals surface area contributed by atoms with Crippen molar-refractivity contribution in [2.75, 3.05) is 0 Å². The van der Waals surface area contributed by atoms with Gasteiger partial charge in [0.25, 0.3) is 0 Å². The molecule has 2 heterocycles. The third kappa shape index (κ3) is 5.08. The van der Waals surface area contributed by atoms with E-state index < -0.39 is 0 Å². The quantitative estimate of drug-likeness (QED) is 0.373. The number of carbonyl (C=O) groups is 1. The molecule has 1 unspecified atom stereocenters. The van der Waals surface area contributed by atoms with Crippen molar-refractivity contribution in [3.63, 3.8) is 0 Å². The van der Waals surface area contributed by atoms with Crippen molar-refractivity contribution in [3.05, 3.63) is 84.5 Å². The minimum atomic E-state index is 0.00639. The number of hydrogen-bond acceptors (Lipinski definition) is 5. The van der Waals surface area contributed by atoms with Gasteiger partial charge in [-0.2, -0.15) is 5.26 Å². The average Bonchev–Trinajstić information content (AvgIpc) is 3.81. The fourth-order valence-corrected chi connectivity index (χ4v) is 4.56. The van der Waals surface area contributed by atoms with Crippen LogP contribution in [0, 0.1) is 23.2 Å². The van der Waals surface area contributed by atoms with E-state index in [0.717, 1.165) is 42.3 Å². The number of carbonyl (C=O) groups excluding carboxylic acids is 1. The van der Waals surface area contributed by atoms with Crippen molar-refractivity contribution in [2.24, 2.45) is 11.8 Å². The van der Waals surface area contributed by atoms with Crippen LogP contribution in [0.25, 0.3) is 10.9 Å². The second-order valence-corrected chi connectivity index (χ2v) is 9.43. The first-order chi connectivity index (χ1) is 17.6. The number of fused-ring (bicyclic) bond motifs is 1. The summed E-state index contributed by atoms with van der Waals surface area (Å²) >= 11 is 0. The van der Waals surface area contributed by atoms with Crippen molar-refractivity contribution >= 4 is 16.8 Å². The molecule has 1 atom stereocenters. The van der Waals surface area contributed by atoms with Gasteiger partial charge in [0.05, 0.1) is 11.1 Å². The number of ether oxygens (including phenoxy) is 1. The van der Waals surface area contributed by atoms with Crippen LogP contribution >= 0.6 is 0 Å². The Hall–Kier alpha value is -4.18. The van der Waals surface area contributed by atoms with E-state index in [-0.39, 0.29) is 17.8 Å². The zero-order valence-corrected chi connectivity index (χ0v) is 20.4. The van der Waals surface area contributed by atoms with Crippen LogP contribution in [0.3, 0.4) is 0 Å². The highest BCUT2D eigenvalue weighted by atomic mass is 16.5. The SMILES string of the molecule is C=C/C=C(\C=C/Cc1c(C#N)c2ccc(Oc3ncccn3)cc2n1C1CC1)NC(=O)C(C)C1CC1. The summed E-state index contributed by atoms with van der Waals surface area (Å²) < 4.78 is 8.12.